The largest absolute Gasteiger partial charge is 0.497 e. The SMILES string of the molecule is COc1cccc(-c2cnc(NCCCC3CCN(C)CC3)c(=O)n2CC(=O)NC(C)C)c1. The van der Waals surface area contributed by atoms with Crippen LogP contribution in [0.15, 0.2) is 35.3 Å². The summed E-state index contributed by atoms with van der Waals surface area (Å²) in [5.41, 5.74) is 1.05. The van der Waals surface area contributed by atoms with Crippen molar-refractivity contribution < 1.29 is 9.53 Å². The molecule has 2 aromatic rings. The number of likely N-dealkylation sites (tertiary alicyclic amines) is 1. The van der Waals surface area contributed by atoms with Gasteiger partial charge in [-0.15, -0.1) is 0 Å². The number of carbonyl (C=O) groups is 1. The summed E-state index contributed by atoms with van der Waals surface area (Å²) in [6.07, 6.45) is 6.26. The van der Waals surface area contributed by atoms with Crippen LogP contribution in [0, 0.1) is 5.92 Å². The third-order valence-corrected chi connectivity index (χ3v) is 6.09. The van der Waals surface area contributed by atoms with Gasteiger partial charge in [0.15, 0.2) is 5.82 Å². The zero-order valence-electron chi connectivity index (χ0n) is 20.3. The Hall–Kier alpha value is -2.87. The molecule has 0 radical (unpaired) electrons. The lowest BCUT2D eigenvalue weighted by Crippen LogP contribution is -2.37. The van der Waals surface area contributed by atoms with Crippen LogP contribution in [0.1, 0.15) is 39.5 Å². The molecule has 180 valence electrons. The summed E-state index contributed by atoms with van der Waals surface area (Å²) in [4.78, 5) is 32.6. The Bertz CT molecular complexity index is 980. The first kappa shape index (κ1) is 24.8. The molecule has 3 rings (SSSR count). The van der Waals surface area contributed by atoms with E-state index >= 15 is 0 Å². The molecule has 8 heteroatoms. The van der Waals surface area contributed by atoms with Crippen LogP contribution in [0.2, 0.25) is 0 Å². The molecule has 0 bridgehead atoms. The van der Waals surface area contributed by atoms with Crippen LogP contribution >= 0.6 is 0 Å². The van der Waals surface area contributed by atoms with Gasteiger partial charge in [-0.1, -0.05) is 12.1 Å². The Morgan fingerprint density at radius 3 is 2.73 bits per heavy atom. The average molecular weight is 456 g/mol. The molecule has 0 spiro atoms. The maximum absolute atomic E-state index is 13.3. The summed E-state index contributed by atoms with van der Waals surface area (Å²) in [6.45, 7) is 6.73. The van der Waals surface area contributed by atoms with Gasteiger partial charge in [0.05, 0.1) is 19.0 Å². The summed E-state index contributed by atoms with van der Waals surface area (Å²) in [7, 11) is 3.77. The quantitative estimate of drug-likeness (QED) is 0.536. The Morgan fingerprint density at radius 2 is 2.03 bits per heavy atom. The van der Waals surface area contributed by atoms with Crippen LogP contribution in [0.25, 0.3) is 11.3 Å². The summed E-state index contributed by atoms with van der Waals surface area (Å²) in [5, 5.41) is 6.07. The van der Waals surface area contributed by atoms with Crippen molar-refractivity contribution in [3.05, 3.63) is 40.8 Å². The number of nitrogens with one attached hydrogen (secondary N) is 2. The monoisotopic (exact) mass is 455 g/mol. The summed E-state index contributed by atoms with van der Waals surface area (Å²) in [6, 6.07) is 7.40. The van der Waals surface area contributed by atoms with E-state index in [9.17, 15) is 9.59 Å². The van der Waals surface area contributed by atoms with Crippen LogP contribution in [0.4, 0.5) is 5.82 Å². The van der Waals surface area contributed by atoms with Crippen LogP contribution in [-0.2, 0) is 11.3 Å². The molecule has 8 nitrogen and oxygen atoms in total. The molecule has 0 unspecified atom stereocenters. The van der Waals surface area contributed by atoms with Crippen molar-refractivity contribution in [1.29, 1.82) is 0 Å². The molecule has 1 aromatic heterocycles. The minimum Gasteiger partial charge on any atom is -0.497 e. The number of amides is 1. The molecule has 33 heavy (non-hydrogen) atoms. The number of ether oxygens (including phenoxy) is 1. The topological polar surface area (TPSA) is 88.5 Å². The Balaban J connectivity index is 1.75. The molecule has 1 aliphatic rings. The van der Waals surface area contributed by atoms with Gasteiger partial charge in [0, 0.05) is 18.2 Å². The van der Waals surface area contributed by atoms with Crippen molar-refractivity contribution in [1.82, 2.24) is 19.8 Å². The van der Waals surface area contributed by atoms with Gasteiger partial charge in [-0.05, 0) is 77.7 Å². The van der Waals surface area contributed by atoms with Crippen molar-refractivity contribution in [2.45, 2.75) is 52.1 Å². The van der Waals surface area contributed by atoms with Gasteiger partial charge >= 0.3 is 0 Å². The predicted molar refractivity (Wildman–Crippen MR) is 132 cm³/mol. The summed E-state index contributed by atoms with van der Waals surface area (Å²) >= 11 is 0. The van der Waals surface area contributed by atoms with Crippen molar-refractivity contribution in [3.8, 4) is 17.0 Å². The van der Waals surface area contributed by atoms with Gasteiger partial charge in [0.25, 0.3) is 5.56 Å². The van der Waals surface area contributed by atoms with E-state index in [4.69, 9.17) is 4.74 Å². The highest BCUT2D eigenvalue weighted by Gasteiger charge is 2.18. The third-order valence-electron chi connectivity index (χ3n) is 6.09. The standard InChI is InChI=1S/C25H37N5O3/c1-18(2)28-23(31)17-30-22(20-8-5-9-21(15-20)33-4)16-27-24(25(30)32)26-12-6-7-19-10-13-29(3)14-11-19/h5,8-9,15-16,18-19H,6-7,10-14,17H2,1-4H3,(H,26,27)(H,28,31). The first-order valence-corrected chi connectivity index (χ1v) is 11.8. The fourth-order valence-corrected chi connectivity index (χ4v) is 4.24. The van der Waals surface area contributed by atoms with E-state index in [1.54, 1.807) is 13.3 Å². The number of aromatic nitrogens is 2. The maximum Gasteiger partial charge on any atom is 0.294 e. The van der Waals surface area contributed by atoms with E-state index in [0.717, 1.165) is 37.4 Å². The van der Waals surface area contributed by atoms with Crippen LogP contribution < -0.4 is 20.9 Å². The van der Waals surface area contributed by atoms with Gasteiger partial charge in [-0.2, -0.15) is 0 Å². The van der Waals surface area contributed by atoms with Crippen molar-refractivity contribution >= 4 is 11.7 Å². The van der Waals surface area contributed by atoms with E-state index in [1.165, 1.54) is 17.4 Å². The molecule has 2 heterocycles. The molecule has 1 amide bonds. The van der Waals surface area contributed by atoms with Crippen molar-refractivity contribution in [2.24, 2.45) is 5.92 Å². The highest BCUT2D eigenvalue weighted by molar-refractivity contribution is 5.77. The summed E-state index contributed by atoms with van der Waals surface area (Å²) in [5.74, 6) is 1.50. The lowest BCUT2D eigenvalue weighted by Gasteiger charge is -2.28. The van der Waals surface area contributed by atoms with Crippen molar-refractivity contribution in [2.75, 3.05) is 39.1 Å². The van der Waals surface area contributed by atoms with E-state index in [1.807, 2.05) is 38.1 Å². The lowest BCUT2D eigenvalue weighted by molar-refractivity contribution is -0.122. The number of nitrogens with zero attached hydrogens (tertiary/aromatic N) is 3. The third kappa shape index (κ3) is 7.05. The average Bonchev–Trinajstić information content (AvgIpc) is 2.79. The number of rotatable bonds is 10. The van der Waals surface area contributed by atoms with E-state index in [2.05, 4.69) is 27.6 Å². The minimum absolute atomic E-state index is 0.00696. The lowest BCUT2D eigenvalue weighted by atomic mass is 9.92. The van der Waals surface area contributed by atoms with Crippen molar-refractivity contribution in [3.63, 3.8) is 0 Å². The fraction of sp³-hybridized carbons (Fsp3) is 0.560. The van der Waals surface area contributed by atoms with Gasteiger partial charge in [0.2, 0.25) is 5.91 Å². The Morgan fingerprint density at radius 1 is 1.27 bits per heavy atom. The molecular weight excluding hydrogens is 418 g/mol. The van der Waals surface area contributed by atoms with Gasteiger partial charge in [0.1, 0.15) is 12.3 Å². The molecule has 0 aliphatic carbocycles. The predicted octanol–water partition coefficient (Wildman–Crippen LogP) is 2.98. The number of benzene rings is 1. The number of methoxy groups -OCH3 is 1. The number of piperidine rings is 1. The van der Waals surface area contributed by atoms with Crippen LogP contribution in [0.5, 0.6) is 5.75 Å². The second-order valence-electron chi connectivity index (χ2n) is 9.15. The van der Waals surface area contributed by atoms with Gasteiger partial charge < -0.3 is 20.3 Å². The molecular formula is C25H37N5O3. The van der Waals surface area contributed by atoms with Gasteiger partial charge in [-0.25, -0.2) is 4.98 Å². The highest BCUT2D eigenvalue weighted by Crippen LogP contribution is 2.23. The zero-order valence-corrected chi connectivity index (χ0v) is 20.3. The minimum atomic E-state index is -0.298. The summed E-state index contributed by atoms with van der Waals surface area (Å²) < 4.78 is 6.81. The van der Waals surface area contributed by atoms with E-state index < -0.39 is 0 Å². The number of hydrogen-bond donors (Lipinski definition) is 2. The molecule has 1 aliphatic heterocycles. The maximum atomic E-state index is 13.3. The normalized spacial score (nSPS) is 14.9. The number of hydrogen-bond acceptors (Lipinski definition) is 6. The first-order chi connectivity index (χ1) is 15.9. The zero-order chi connectivity index (χ0) is 23.8. The van der Waals surface area contributed by atoms with E-state index in [0.29, 0.717) is 18.0 Å². The van der Waals surface area contributed by atoms with Crippen LogP contribution in [0.3, 0.4) is 0 Å². The molecule has 2 N–H and O–H groups in total. The van der Waals surface area contributed by atoms with E-state index in [-0.39, 0.29) is 29.9 Å². The Kier molecular flexibility index (Phi) is 8.88. The van der Waals surface area contributed by atoms with Gasteiger partial charge in [-0.3, -0.25) is 14.2 Å². The molecule has 1 saturated heterocycles. The second kappa shape index (κ2) is 11.8. The fourth-order valence-electron chi connectivity index (χ4n) is 4.24. The number of anilines is 1. The Labute approximate surface area is 196 Å². The highest BCUT2D eigenvalue weighted by atomic mass is 16.5. The van der Waals surface area contributed by atoms with Crippen LogP contribution in [-0.4, -0.2) is 60.2 Å². The molecule has 1 fully saturated rings. The first-order valence-electron chi connectivity index (χ1n) is 11.8. The second-order valence-corrected chi connectivity index (χ2v) is 9.15. The number of carbonyl (C=O) groups excluding carboxylic acids is 1. The molecule has 1 aromatic carbocycles. The molecule has 0 saturated carbocycles. The smallest absolute Gasteiger partial charge is 0.294 e. The molecule has 0 atom stereocenters.